The summed E-state index contributed by atoms with van der Waals surface area (Å²) in [5.41, 5.74) is 5.29. The second kappa shape index (κ2) is 7.41. The highest BCUT2D eigenvalue weighted by molar-refractivity contribution is 9.10. The number of nitrogens with zero attached hydrogens (tertiary/aromatic N) is 1. The molecular weight excluding hydrogens is 364 g/mol. The first-order chi connectivity index (χ1) is 11.6. The van der Waals surface area contributed by atoms with E-state index in [1.165, 1.54) is 27.7 Å². The van der Waals surface area contributed by atoms with Crippen molar-refractivity contribution in [2.75, 3.05) is 20.7 Å². The number of benzene rings is 2. The standard InChI is InChI=1S/C20H23BrN2O/c1-14-18(10-11-22-2)19-12-17(24-3)8-9-20(19)23(14)13-15-4-6-16(21)7-5-15/h4-9,12,22H,10-11,13H2,1-3H3. The SMILES string of the molecule is CNCCc1c(C)n(Cc2ccc(Br)cc2)c2ccc(OC)cc12. The van der Waals surface area contributed by atoms with E-state index >= 15 is 0 Å². The van der Waals surface area contributed by atoms with Gasteiger partial charge >= 0.3 is 0 Å². The molecule has 0 atom stereocenters. The number of nitrogens with one attached hydrogen (secondary N) is 1. The van der Waals surface area contributed by atoms with E-state index in [0.717, 1.165) is 29.7 Å². The number of hydrogen-bond acceptors (Lipinski definition) is 2. The van der Waals surface area contributed by atoms with Crippen LogP contribution < -0.4 is 10.1 Å². The first-order valence-electron chi connectivity index (χ1n) is 8.18. The average Bonchev–Trinajstić information content (AvgIpc) is 2.86. The minimum absolute atomic E-state index is 0.876. The van der Waals surface area contributed by atoms with Gasteiger partial charge in [-0.3, -0.25) is 0 Å². The summed E-state index contributed by atoms with van der Waals surface area (Å²) in [7, 11) is 3.72. The molecule has 3 rings (SSSR count). The summed E-state index contributed by atoms with van der Waals surface area (Å²) in [4.78, 5) is 0. The minimum atomic E-state index is 0.876. The summed E-state index contributed by atoms with van der Waals surface area (Å²) < 4.78 is 8.95. The van der Waals surface area contributed by atoms with E-state index in [9.17, 15) is 0 Å². The molecular formula is C20H23BrN2O. The Morgan fingerprint density at radius 2 is 1.88 bits per heavy atom. The Morgan fingerprint density at radius 1 is 1.12 bits per heavy atom. The van der Waals surface area contributed by atoms with Crippen molar-refractivity contribution < 1.29 is 4.74 Å². The normalized spacial score (nSPS) is 11.2. The van der Waals surface area contributed by atoms with Crippen LogP contribution in [0.2, 0.25) is 0 Å². The van der Waals surface area contributed by atoms with Crippen molar-refractivity contribution in [1.82, 2.24) is 9.88 Å². The second-order valence-corrected chi connectivity index (χ2v) is 6.93. The second-order valence-electron chi connectivity index (χ2n) is 6.01. The number of halogens is 1. The topological polar surface area (TPSA) is 26.2 Å². The van der Waals surface area contributed by atoms with E-state index in [0.29, 0.717) is 0 Å². The van der Waals surface area contributed by atoms with Gasteiger partial charge in [0, 0.05) is 27.6 Å². The first-order valence-corrected chi connectivity index (χ1v) is 8.98. The Labute approximate surface area is 151 Å². The summed E-state index contributed by atoms with van der Waals surface area (Å²) in [6.45, 7) is 4.06. The van der Waals surface area contributed by atoms with Gasteiger partial charge in [-0.1, -0.05) is 28.1 Å². The average molecular weight is 387 g/mol. The summed E-state index contributed by atoms with van der Waals surface area (Å²) in [6, 6.07) is 14.9. The van der Waals surface area contributed by atoms with Crippen LogP contribution in [0.1, 0.15) is 16.8 Å². The van der Waals surface area contributed by atoms with Gasteiger partial charge in [0.25, 0.3) is 0 Å². The minimum Gasteiger partial charge on any atom is -0.497 e. The van der Waals surface area contributed by atoms with Crippen LogP contribution >= 0.6 is 15.9 Å². The molecule has 1 heterocycles. The maximum Gasteiger partial charge on any atom is 0.119 e. The molecule has 0 aliphatic heterocycles. The van der Waals surface area contributed by atoms with Crippen LogP contribution in [-0.4, -0.2) is 25.3 Å². The van der Waals surface area contributed by atoms with Gasteiger partial charge in [-0.05, 0) is 68.4 Å². The van der Waals surface area contributed by atoms with Crippen molar-refractivity contribution in [3.63, 3.8) is 0 Å². The van der Waals surface area contributed by atoms with Gasteiger partial charge in [0.1, 0.15) is 5.75 Å². The molecule has 24 heavy (non-hydrogen) atoms. The number of hydrogen-bond donors (Lipinski definition) is 1. The lowest BCUT2D eigenvalue weighted by molar-refractivity contribution is 0.415. The van der Waals surface area contributed by atoms with Crippen molar-refractivity contribution in [3.05, 3.63) is 63.8 Å². The van der Waals surface area contributed by atoms with Crippen LogP contribution in [0.15, 0.2) is 46.9 Å². The molecule has 0 amide bonds. The molecule has 2 aromatic carbocycles. The molecule has 0 spiro atoms. The summed E-state index contributed by atoms with van der Waals surface area (Å²) in [5, 5.41) is 4.55. The molecule has 126 valence electrons. The highest BCUT2D eigenvalue weighted by atomic mass is 79.9. The van der Waals surface area contributed by atoms with Gasteiger partial charge in [0.15, 0.2) is 0 Å². The highest BCUT2D eigenvalue weighted by Crippen LogP contribution is 2.30. The van der Waals surface area contributed by atoms with Crippen molar-refractivity contribution in [2.45, 2.75) is 19.9 Å². The van der Waals surface area contributed by atoms with E-state index < -0.39 is 0 Å². The Morgan fingerprint density at radius 3 is 2.54 bits per heavy atom. The third-order valence-corrected chi connectivity index (χ3v) is 5.07. The molecule has 3 nitrogen and oxygen atoms in total. The highest BCUT2D eigenvalue weighted by Gasteiger charge is 2.14. The number of likely N-dealkylation sites (N-methyl/N-ethyl adjacent to an activating group) is 1. The number of aromatic nitrogens is 1. The molecule has 3 aromatic rings. The monoisotopic (exact) mass is 386 g/mol. The molecule has 0 radical (unpaired) electrons. The molecule has 1 aromatic heterocycles. The van der Waals surface area contributed by atoms with Crippen LogP contribution in [0.5, 0.6) is 5.75 Å². The molecule has 0 saturated heterocycles. The Bertz CT molecular complexity index is 837. The van der Waals surface area contributed by atoms with E-state index in [2.05, 4.69) is 69.1 Å². The van der Waals surface area contributed by atoms with Gasteiger partial charge < -0.3 is 14.6 Å². The number of rotatable bonds is 6. The van der Waals surface area contributed by atoms with E-state index in [1.807, 2.05) is 13.1 Å². The van der Waals surface area contributed by atoms with Crippen molar-refractivity contribution >= 4 is 26.8 Å². The number of ether oxygens (including phenoxy) is 1. The zero-order valence-corrected chi connectivity index (χ0v) is 16.0. The molecule has 0 aliphatic carbocycles. The number of methoxy groups -OCH3 is 1. The third kappa shape index (κ3) is 3.35. The first kappa shape index (κ1) is 17.1. The van der Waals surface area contributed by atoms with Crippen LogP contribution in [0.25, 0.3) is 10.9 Å². The lowest BCUT2D eigenvalue weighted by atomic mass is 10.1. The maximum atomic E-state index is 5.43. The quantitative estimate of drug-likeness (QED) is 0.673. The van der Waals surface area contributed by atoms with Crippen LogP contribution in [0.4, 0.5) is 0 Å². The molecule has 0 fully saturated rings. The molecule has 0 aliphatic rings. The van der Waals surface area contributed by atoms with E-state index in [-0.39, 0.29) is 0 Å². The third-order valence-electron chi connectivity index (χ3n) is 4.54. The zero-order chi connectivity index (χ0) is 17.1. The van der Waals surface area contributed by atoms with Crippen molar-refractivity contribution in [2.24, 2.45) is 0 Å². The fraction of sp³-hybridized carbons (Fsp3) is 0.300. The fourth-order valence-electron chi connectivity index (χ4n) is 3.20. The van der Waals surface area contributed by atoms with Crippen molar-refractivity contribution in [1.29, 1.82) is 0 Å². The van der Waals surface area contributed by atoms with E-state index in [4.69, 9.17) is 4.74 Å². The molecule has 0 bridgehead atoms. The predicted molar refractivity (Wildman–Crippen MR) is 104 cm³/mol. The zero-order valence-electron chi connectivity index (χ0n) is 14.4. The molecule has 4 heteroatoms. The van der Waals surface area contributed by atoms with Gasteiger partial charge in [-0.25, -0.2) is 0 Å². The van der Waals surface area contributed by atoms with Gasteiger partial charge in [0.05, 0.1) is 7.11 Å². The van der Waals surface area contributed by atoms with Crippen LogP contribution in [0, 0.1) is 6.92 Å². The Balaban J connectivity index is 2.08. The number of fused-ring (bicyclic) bond motifs is 1. The predicted octanol–water partition coefficient (Wildman–Crippen LogP) is 4.53. The van der Waals surface area contributed by atoms with Gasteiger partial charge in [-0.15, -0.1) is 0 Å². The summed E-state index contributed by atoms with van der Waals surface area (Å²) in [5.74, 6) is 0.911. The summed E-state index contributed by atoms with van der Waals surface area (Å²) >= 11 is 3.51. The lowest BCUT2D eigenvalue weighted by Gasteiger charge is -2.10. The van der Waals surface area contributed by atoms with Gasteiger partial charge in [-0.2, -0.15) is 0 Å². The Hall–Kier alpha value is -1.78. The van der Waals surface area contributed by atoms with Crippen LogP contribution in [0.3, 0.4) is 0 Å². The molecule has 1 N–H and O–H groups in total. The lowest BCUT2D eigenvalue weighted by Crippen LogP contribution is -2.11. The van der Waals surface area contributed by atoms with Crippen LogP contribution in [-0.2, 0) is 13.0 Å². The fourth-order valence-corrected chi connectivity index (χ4v) is 3.46. The molecule has 0 unspecified atom stereocenters. The van der Waals surface area contributed by atoms with Crippen molar-refractivity contribution in [3.8, 4) is 5.75 Å². The summed E-state index contributed by atoms with van der Waals surface area (Å²) in [6.07, 6.45) is 1.01. The van der Waals surface area contributed by atoms with Gasteiger partial charge in [0.2, 0.25) is 0 Å². The smallest absolute Gasteiger partial charge is 0.119 e. The largest absolute Gasteiger partial charge is 0.497 e. The molecule has 0 saturated carbocycles. The Kier molecular flexibility index (Phi) is 5.27. The maximum absolute atomic E-state index is 5.43. The van der Waals surface area contributed by atoms with E-state index in [1.54, 1.807) is 7.11 Å².